The Morgan fingerprint density at radius 2 is 1.84 bits per heavy atom. The number of rotatable bonds is 6. The van der Waals surface area contributed by atoms with Gasteiger partial charge in [-0.3, -0.25) is 9.59 Å². The van der Waals surface area contributed by atoms with Gasteiger partial charge in [0.1, 0.15) is 0 Å². The molecule has 32 heavy (non-hydrogen) atoms. The van der Waals surface area contributed by atoms with Crippen LogP contribution in [0, 0.1) is 0 Å². The van der Waals surface area contributed by atoms with E-state index in [1.165, 1.54) is 24.3 Å². The van der Waals surface area contributed by atoms with E-state index in [0.29, 0.717) is 18.7 Å². The summed E-state index contributed by atoms with van der Waals surface area (Å²) < 4.78 is 50.9. The number of benzene rings is 2. The number of carbonyl (C=O) groups is 2. The first kappa shape index (κ1) is 22.4. The molecule has 2 aromatic rings. The monoisotopic (exact) mass is 477 g/mol. The molecular formula is C21H23N3O6S2. The summed E-state index contributed by atoms with van der Waals surface area (Å²) in [4.78, 5) is 26.1. The number of amides is 2. The van der Waals surface area contributed by atoms with Crippen molar-refractivity contribution in [2.24, 2.45) is 0 Å². The topological polar surface area (TPSA) is 130 Å². The Morgan fingerprint density at radius 1 is 1.09 bits per heavy atom. The Kier molecular flexibility index (Phi) is 6.06. The largest absolute Gasteiger partial charge is 0.322 e. The van der Waals surface area contributed by atoms with E-state index in [4.69, 9.17) is 0 Å². The van der Waals surface area contributed by atoms with Gasteiger partial charge in [-0.2, -0.15) is 0 Å². The molecule has 0 saturated carbocycles. The Hall–Kier alpha value is -2.76. The van der Waals surface area contributed by atoms with Crippen LogP contribution in [0.15, 0.2) is 53.4 Å². The van der Waals surface area contributed by atoms with Gasteiger partial charge in [-0.1, -0.05) is 6.07 Å². The third-order valence-corrected chi connectivity index (χ3v) is 8.76. The molecule has 9 nitrogen and oxygen atoms in total. The van der Waals surface area contributed by atoms with Gasteiger partial charge in [0.25, 0.3) is 5.91 Å². The molecule has 11 heteroatoms. The molecule has 2 heterocycles. The van der Waals surface area contributed by atoms with Gasteiger partial charge in [-0.25, -0.2) is 21.6 Å². The van der Waals surface area contributed by atoms with Crippen LogP contribution in [0.5, 0.6) is 0 Å². The molecule has 2 N–H and O–H groups in total. The summed E-state index contributed by atoms with van der Waals surface area (Å²) in [5, 5.41) is 2.71. The number of hydrogen-bond donors (Lipinski definition) is 2. The summed E-state index contributed by atoms with van der Waals surface area (Å²) in [6.07, 6.45) is 1.58. The standard InChI is InChI=1S/C21H23N3O6S2/c25-20-5-2-11-24(20)18-8-6-16(7-9-18)22-21(26)15-3-1-4-19(13-15)32(29,30)23-17-10-12-31(27,28)14-17/h1,3-4,6-9,13,17,23H,2,5,10-12,14H2,(H,22,26). The SMILES string of the molecule is O=C(Nc1ccc(N2CCCC2=O)cc1)c1cccc(S(=O)(=O)NC2CCS(=O)(=O)C2)c1. The average molecular weight is 478 g/mol. The molecule has 1 atom stereocenters. The van der Waals surface area contributed by atoms with E-state index in [0.717, 1.165) is 12.1 Å². The van der Waals surface area contributed by atoms with Crippen LogP contribution in [-0.4, -0.2) is 52.7 Å². The zero-order chi connectivity index (χ0) is 22.9. The number of sulfone groups is 1. The molecule has 0 aromatic heterocycles. The quantitative estimate of drug-likeness (QED) is 0.649. The van der Waals surface area contributed by atoms with Crippen molar-refractivity contribution in [3.8, 4) is 0 Å². The lowest BCUT2D eigenvalue weighted by Crippen LogP contribution is -2.35. The van der Waals surface area contributed by atoms with Crippen LogP contribution < -0.4 is 14.9 Å². The van der Waals surface area contributed by atoms with Crippen LogP contribution in [0.3, 0.4) is 0 Å². The van der Waals surface area contributed by atoms with Crippen molar-refractivity contribution in [1.29, 1.82) is 0 Å². The summed E-state index contributed by atoms with van der Waals surface area (Å²) >= 11 is 0. The zero-order valence-corrected chi connectivity index (χ0v) is 18.8. The van der Waals surface area contributed by atoms with Crippen LogP contribution >= 0.6 is 0 Å². The van der Waals surface area contributed by atoms with E-state index in [1.807, 2.05) is 0 Å². The van der Waals surface area contributed by atoms with Crippen molar-refractivity contribution in [2.75, 3.05) is 28.3 Å². The zero-order valence-electron chi connectivity index (χ0n) is 17.2. The smallest absolute Gasteiger partial charge is 0.255 e. The summed E-state index contributed by atoms with van der Waals surface area (Å²) in [7, 11) is -7.21. The van der Waals surface area contributed by atoms with Crippen molar-refractivity contribution in [1.82, 2.24) is 4.72 Å². The van der Waals surface area contributed by atoms with E-state index >= 15 is 0 Å². The fraction of sp³-hybridized carbons (Fsp3) is 0.333. The Morgan fingerprint density at radius 3 is 2.47 bits per heavy atom. The lowest BCUT2D eigenvalue weighted by molar-refractivity contribution is -0.117. The number of carbonyl (C=O) groups excluding carboxylic acids is 2. The molecule has 0 radical (unpaired) electrons. The van der Waals surface area contributed by atoms with Crippen molar-refractivity contribution in [3.63, 3.8) is 0 Å². The van der Waals surface area contributed by atoms with Gasteiger partial charge in [0.2, 0.25) is 15.9 Å². The highest BCUT2D eigenvalue weighted by Crippen LogP contribution is 2.23. The Balaban J connectivity index is 1.44. The minimum Gasteiger partial charge on any atom is -0.322 e. The molecule has 0 aliphatic carbocycles. The maximum Gasteiger partial charge on any atom is 0.255 e. The molecule has 2 aliphatic rings. The summed E-state index contributed by atoms with van der Waals surface area (Å²) in [5.41, 5.74) is 1.41. The summed E-state index contributed by atoms with van der Waals surface area (Å²) in [6, 6.07) is 11.7. The van der Waals surface area contributed by atoms with Crippen LogP contribution in [0.4, 0.5) is 11.4 Å². The minimum absolute atomic E-state index is 0.0483. The number of anilines is 2. The van der Waals surface area contributed by atoms with Crippen LogP contribution in [-0.2, 0) is 24.7 Å². The van der Waals surface area contributed by atoms with Gasteiger partial charge in [-0.15, -0.1) is 0 Å². The molecule has 2 aliphatic heterocycles. The number of nitrogens with zero attached hydrogens (tertiary/aromatic N) is 1. The van der Waals surface area contributed by atoms with Gasteiger partial charge in [0, 0.05) is 35.9 Å². The molecular weight excluding hydrogens is 454 g/mol. The number of hydrogen-bond acceptors (Lipinski definition) is 6. The third-order valence-electron chi connectivity index (χ3n) is 5.47. The molecule has 1 unspecified atom stereocenters. The first-order valence-electron chi connectivity index (χ1n) is 10.2. The molecule has 2 aromatic carbocycles. The van der Waals surface area contributed by atoms with Crippen LogP contribution in [0.2, 0.25) is 0 Å². The maximum absolute atomic E-state index is 12.7. The second-order valence-corrected chi connectivity index (χ2v) is 11.8. The van der Waals surface area contributed by atoms with E-state index in [9.17, 15) is 26.4 Å². The second kappa shape index (κ2) is 8.64. The van der Waals surface area contributed by atoms with E-state index in [-0.39, 0.29) is 34.3 Å². The molecule has 0 bridgehead atoms. The summed E-state index contributed by atoms with van der Waals surface area (Å²) in [6.45, 7) is 0.673. The highest BCUT2D eigenvalue weighted by Gasteiger charge is 2.31. The van der Waals surface area contributed by atoms with Crippen molar-refractivity contribution >= 4 is 43.0 Å². The molecule has 170 valence electrons. The molecule has 2 saturated heterocycles. The second-order valence-electron chi connectivity index (χ2n) is 7.90. The predicted octanol–water partition coefficient (Wildman–Crippen LogP) is 1.53. The van der Waals surface area contributed by atoms with Gasteiger partial charge >= 0.3 is 0 Å². The third kappa shape index (κ3) is 5.00. The lowest BCUT2D eigenvalue weighted by Gasteiger charge is -2.16. The maximum atomic E-state index is 12.7. The predicted molar refractivity (Wildman–Crippen MR) is 120 cm³/mol. The Bertz CT molecular complexity index is 1260. The van der Waals surface area contributed by atoms with Gasteiger partial charge in [0.15, 0.2) is 9.84 Å². The van der Waals surface area contributed by atoms with Gasteiger partial charge in [-0.05, 0) is 55.3 Å². The average Bonchev–Trinajstić information content (AvgIpc) is 3.32. The van der Waals surface area contributed by atoms with E-state index < -0.39 is 31.8 Å². The molecule has 4 rings (SSSR count). The van der Waals surface area contributed by atoms with Crippen molar-refractivity contribution < 1.29 is 26.4 Å². The van der Waals surface area contributed by atoms with Gasteiger partial charge < -0.3 is 10.2 Å². The minimum atomic E-state index is -3.97. The van der Waals surface area contributed by atoms with E-state index in [1.54, 1.807) is 29.2 Å². The van der Waals surface area contributed by atoms with E-state index in [2.05, 4.69) is 10.0 Å². The fourth-order valence-electron chi connectivity index (χ4n) is 3.83. The highest BCUT2D eigenvalue weighted by molar-refractivity contribution is 7.92. The lowest BCUT2D eigenvalue weighted by atomic mass is 10.2. The fourth-order valence-corrected chi connectivity index (χ4v) is 6.92. The number of sulfonamides is 1. The first-order valence-corrected chi connectivity index (χ1v) is 13.5. The van der Waals surface area contributed by atoms with Crippen molar-refractivity contribution in [3.05, 3.63) is 54.1 Å². The van der Waals surface area contributed by atoms with Gasteiger partial charge in [0.05, 0.1) is 16.4 Å². The molecule has 0 spiro atoms. The highest BCUT2D eigenvalue weighted by atomic mass is 32.2. The van der Waals surface area contributed by atoms with Crippen LogP contribution in [0.1, 0.15) is 29.6 Å². The Labute approximate surface area is 186 Å². The number of nitrogens with one attached hydrogen (secondary N) is 2. The molecule has 2 amide bonds. The summed E-state index contributed by atoms with van der Waals surface area (Å²) in [5.74, 6) is -0.696. The van der Waals surface area contributed by atoms with Crippen molar-refractivity contribution in [2.45, 2.75) is 30.2 Å². The molecule has 2 fully saturated rings. The normalized spacial score (nSPS) is 20.4. The first-order chi connectivity index (χ1) is 15.1. The van der Waals surface area contributed by atoms with Crippen LogP contribution in [0.25, 0.3) is 0 Å².